The molecular formula is C27H29N3O4. The smallest absolute Gasteiger partial charge is 0.258 e. The summed E-state index contributed by atoms with van der Waals surface area (Å²) in [5.41, 5.74) is 4.39. The van der Waals surface area contributed by atoms with E-state index < -0.39 is 0 Å². The molecule has 7 heteroatoms. The normalized spacial score (nSPS) is 13.9. The Bertz CT molecular complexity index is 1190. The van der Waals surface area contributed by atoms with E-state index in [1.807, 2.05) is 74.8 Å². The highest BCUT2D eigenvalue weighted by atomic mass is 16.5. The van der Waals surface area contributed by atoms with Crippen LogP contribution in [0.15, 0.2) is 66.7 Å². The third-order valence-electron chi connectivity index (χ3n) is 5.51. The summed E-state index contributed by atoms with van der Waals surface area (Å²) in [6, 6.07) is 21.1. The van der Waals surface area contributed by atoms with Gasteiger partial charge in [-0.1, -0.05) is 30.3 Å². The Kier molecular flexibility index (Phi) is 7.04. The number of anilines is 2. The predicted octanol–water partition coefficient (Wildman–Crippen LogP) is 4.58. The molecule has 176 valence electrons. The minimum Gasteiger partial charge on any atom is -0.493 e. The zero-order valence-electron chi connectivity index (χ0n) is 19.8. The van der Waals surface area contributed by atoms with Gasteiger partial charge in [0.05, 0.1) is 31.2 Å². The van der Waals surface area contributed by atoms with E-state index in [0.717, 1.165) is 29.1 Å². The van der Waals surface area contributed by atoms with Crippen molar-refractivity contribution in [3.63, 3.8) is 0 Å². The second-order valence-corrected chi connectivity index (χ2v) is 8.12. The van der Waals surface area contributed by atoms with Crippen LogP contribution in [0.4, 0.5) is 11.4 Å². The maximum atomic E-state index is 13.1. The van der Waals surface area contributed by atoms with E-state index in [4.69, 9.17) is 14.2 Å². The van der Waals surface area contributed by atoms with Crippen molar-refractivity contribution in [2.45, 2.75) is 0 Å². The molecule has 0 unspecified atom stereocenters. The number of nitrogens with zero attached hydrogens (tertiary/aromatic N) is 1. The molecule has 3 aromatic carbocycles. The van der Waals surface area contributed by atoms with Gasteiger partial charge in [0.1, 0.15) is 12.4 Å². The van der Waals surface area contributed by atoms with E-state index in [1.165, 1.54) is 0 Å². The number of amides is 1. The quantitative estimate of drug-likeness (QED) is 0.457. The van der Waals surface area contributed by atoms with Gasteiger partial charge in [-0.15, -0.1) is 0 Å². The third-order valence-corrected chi connectivity index (χ3v) is 5.51. The molecule has 0 saturated heterocycles. The molecule has 1 aliphatic heterocycles. The molecule has 4 rings (SSSR count). The minimum absolute atomic E-state index is 0.194. The van der Waals surface area contributed by atoms with Gasteiger partial charge in [-0.3, -0.25) is 4.79 Å². The lowest BCUT2D eigenvalue weighted by Crippen LogP contribution is -2.19. The number of hydrogen-bond donors (Lipinski definition) is 2. The Morgan fingerprint density at radius 3 is 2.26 bits per heavy atom. The maximum Gasteiger partial charge on any atom is 0.258 e. The molecule has 0 aliphatic carbocycles. The Labute approximate surface area is 199 Å². The lowest BCUT2D eigenvalue weighted by molar-refractivity contribution is -0.110. The molecule has 0 bridgehead atoms. The van der Waals surface area contributed by atoms with Crippen molar-refractivity contribution in [2.75, 3.05) is 52.1 Å². The molecular weight excluding hydrogens is 430 g/mol. The highest BCUT2D eigenvalue weighted by molar-refractivity contribution is 6.37. The summed E-state index contributed by atoms with van der Waals surface area (Å²) >= 11 is 0. The molecule has 0 spiro atoms. The van der Waals surface area contributed by atoms with Gasteiger partial charge < -0.3 is 29.7 Å². The summed E-state index contributed by atoms with van der Waals surface area (Å²) in [6.45, 7) is 1.45. The van der Waals surface area contributed by atoms with Crippen LogP contribution in [0.3, 0.4) is 0 Å². The topological polar surface area (TPSA) is 72.1 Å². The molecule has 1 heterocycles. The van der Waals surface area contributed by atoms with Gasteiger partial charge in [0.15, 0.2) is 11.5 Å². The number of likely N-dealkylation sites (N-methyl/N-ethyl adjacent to an activating group) is 1. The van der Waals surface area contributed by atoms with Gasteiger partial charge in [0.2, 0.25) is 0 Å². The second-order valence-electron chi connectivity index (χ2n) is 8.12. The summed E-state index contributed by atoms with van der Waals surface area (Å²) in [6.07, 6.45) is 0. The summed E-state index contributed by atoms with van der Waals surface area (Å²) in [5.74, 6) is 1.71. The predicted molar refractivity (Wildman–Crippen MR) is 136 cm³/mol. The lowest BCUT2D eigenvalue weighted by Gasteiger charge is -2.16. The van der Waals surface area contributed by atoms with Gasteiger partial charge in [0.25, 0.3) is 5.91 Å². The monoisotopic (exact) mass is 459 g/mol. The van der Waals surface area contributed by atoms with Crippen molar-refractivity contribution >= 4 is 28.6 Å². The number of benzene rings is 3. The van der Waals surface area contributed by atoms with E-state index >= 15 is 0 Å². The van der Waals surface area contributed by atoms with Gasteiger partial charge in [-0.2, -0.15) is 0 Å². The molecule has 3 aromatic rings. The first-order valence-electron chi connectivity index (χ1n) is 11.0. The standard InChI is InChI=1S/C27H29N3O4/c1-30(2)14-15-34-20-12-10-19(11-13-20)28-26(18-8-6-5-7-9-18)25-21-16-23(32-3)24(33-4)17-22(21)29-27(25)31/h5-13,16-17,28H,14-15H2,1-4H3,(H,29,31)/b26-25-. The number of carbonyl (C=O) groups excluding carboxylic acids is 1. The van der Waals surface area contributed by atoms with E-state index in [2.05, 4.69) is 15.5 Å². The van der Waals surface area contributed by atoms with Crippen LogP contribution in [0.5, 0.6) is 17.2 Å². The van der Waals surface area contributed by atoms with Crippen LogP contribution in [0.25, 0.3) is 11.3 Å². The largest absolute Gasteiger partial charge is 0.493 e. The van der Waals surface area contributed by atoms with Crippen LogP contribution in [-0.4, -0.2) is 52.3 Å². The molecule has 0 fully saturated rings. The maximum absolute atomic E-state index is 13.1. The Hall–Kier alpha value is -3.97. The van der Waals surface area contributed by atoms with Crippen molar-refractivity contribution in [1.29, 1.82) is 0 Å². The lowest BCUT2D eigenvalue weighted by atomic mass is 9.99. The molecule has 1 aliphatic rings. The number of methoxy groups -OCH3 is 2. The highest BCUT2D eigenvalue weighted by Gasteiger charge is 2.30. The molecule has 2 N–H and O–H groups in total. The fourth-order valence-corrected chi connectivity index (χ4v) is 3.75. The first kappa shape index (κ1) is 23.2. The van der Waals surface area contributed by atoms with E-state index in [9.17, 15) is 4.79 Å². The first-order valence-corrected chi connectivity index (χ1v) is 11.0. The summed E-state index contributed by atoms with van der Waals surface area (Å²) < 4.78 is 16.7. The van der Waals surface area contributed by atoms with Crippen LogP contribution in [-0.2, 0) is 4.79 Å². The summed E-state index contributed by atoms with van der Waals surface area (Å²) in [5, 5.41) is 6.41. The Balaban J connectivity index is 1.72. The number of fused-ring (bicyclic) bond motifs is 1. The highest BCUT2D eigenvalue weighted by Crippen LogP contribution is 2.43. The molecule has 7 nitrogen and oxygen atoms in total. The average molecular weight is 460 g/mol. The number of carbonyl (C=O) groups is 1. The molecule has 0 aromatic heterocycles. The average Bonchev–Trinajstić information content (AvgIpc) is 3.17. The fourth-order valence-electron chi connectivity index (χ4n) is 3.75. The Morgan fingerprint density at radius 1 is 0.941 bits per heavy atom. The first-order chi connectivity index (χ1) is 16.5. The van der Waals surface area contributed by atoms with Gasteiger partial charge in [0, 0.05) is 23.9 Å². The molecule has 0 saturated carbocycles. The van der Waals surface area contributed by atoms with Crippen molar-refractivity contribution in [3.05, 3.63) is 77.9 Å². The zero-order valence-corrected chi connectivity index (χ0v) is 19.8. The summed E-state index contributed by atoms with van der Waals surface area (Å²) in [4.78, 5) is 15.2. The Morgan fingerprint density at radius 2 is 1.62 bits per heavy atom. The van der Waals surface area contributed by atoms with Crippen molar-refractivity contribution < 1.29 is 19.0 Å². The molecule has 0 radical (unpaired) electrons. The van der Waals surface area contributed by atoms with Crippen molar-refractivity contribution in [1.82, 2.24) is 4.90 Å². The molecule has 0 atom stereocenters. The van der Waals surface area contributed by atoms with Crippen LogP contribution >= 0.6 is 0 Å². The van der Waals surface area contributed by atoms with E-state index in [1.54, 1.807) is 20.3 Å². The number of hydrogen-bond acceptors (Lipinski definition) is 6. The van der Waals surface area contributed by atoms with Crippen LogP contribution < -0.4 is 24.8 Å². The van der Waals surface area contributed by atoms with Crippen molar-refractivity contribution in [2.24, 2.45) is 0 Å². The van der Waals surface area contributed by atoms with Crippen molar-refractivity contribution in [3.8, 4) is 17.2 Å². The molecule has 1 amide bonds. The van der Waals surface area contributed by atoms with Gasteiger partial charge >= 0.3 is 0 Å². The van der Waals surface area contributed by atoms with E-state index in [-0.39, 0.29) is 5.91 Å². The van der Waals surface area contributed by atoms with Crippen LogP contribution in [0, 0.1) is 0 Å². The zero-order chi connectivity index (χ0) is 24.1. The third kappa shape index (κ3) is 5.00. The SMILES string of the molecule is COc1cc2c(cc1OC)/C(=C(/Nc1ccc(OCCN(C)C)cc1)c1ccccc1)C(=O)N2. The summed E-state index contributed by atoms with van der Waals surface area (Å²) in [7, 11) is 7.18. The number of nitrogens with one attached hydrogen (secondary N) is 2. The fraction of sp³-hybridized carbons (Fsp3) is 0.222. The molecule has 34 heavy (non-hydrogen) atoms. The van der Waals surface area contributed by atoms with E-state index in [0.29, 0.717) is 35.1 Å². The van der Waals surface area contributed by atoms with Gasteiger partial charge in [-0.05, 0) is 50.0 Å². The number of rotatable bonds is 9. The van der Waals surface area contributed by atoms with Crippen LogP contribution in [0.1, 0.15) is 11.1 Å². The second kappa shape index (κ2) is 10.3. The number of ether oxygens (including phenoxy) is 3. The minimum atomic E-state index is -0.194. The van der Waals surface area contributed by atoms with Gasteiger partial charge in [-0.25, -0.2) is 0 Å². The van der Waals surface area contributed by atoms with Crippen LogP contribution in [0.2, 0.25) is 0 Å².